The van der Waals surface area contributed by atoms with E-state index in [4.69, 9.17) is 5.73 Å². The second-order valence-electron chi connectivity index (χ2n) is 5.54. The molecule has 1 aromatic carbocycles. The minimum atomic E-state index is 0.610. The van der Waals surface area contributed by atoms with Gasteiger partial charge >= 0.3 is 0 Å². The molecule has 102 valence electrons. The van der Waals surface area contributed by atoms with E-state index in [1.807, 2.05) is 0 Å². The molecule has 1 aromatic rings. The second-order valence-corrected chi connectivity index (χ2v) is 5.54. The third-order valence-corrected chi connectivity index (χ3v) is 3.55. The van der Waals surface area contributed by atoms with Crippen LogP contribution in [0.15, 0.2) is 18.2 Å². The lowest BCUT2D eigenvalue weighted by atomic mass is 9.96. The number of rotatable bonds is 7. The number of nitrogens with two attached hydrogens (primary N) is 1. The summed E-state index contributed by atoms with van der Waals surface area (Å²) in [7, 11) is 2.18. The molecule has 1 rings (SSSR count). The van der Waals surface area contributed by atoms with Crippen LogP contribution < -0.4 is 5.73 Å². The van der Waals surface area contributed by atoms with Crippen molar-refractivity contribution in [2.75, 3.05) is 26.7 Å². The lowest BCUT2D eigenvalue weighted by Gasteiger charge is -2.17. The molecule has 0 amide bonds. The Morgan fingerprint density at radius 2 is 1.94 bits per heavy atom. The van der Waals surface area contributed by atoms with Crippen LogP contribution in [0, 0.1) is 6.92 Å². The molecular weight excluding hydrogens is 220 g/mol. The highest BCUT2D eigenvalue weighted by molar-refractivity contribution is 5.32. The van der Waals surface area contributed by atoms with Crippen molar-refractivity contribution in [2.45, 2.75) is 39.5 Å². The summed E-state index contributed by atoms with van der Waals surface area (Å²) in [5.74, 6) is 0.610. The summed E-state index contributed by atoms with van der Waals surface area (Å²) in [5, 5.41) is 0. The summed E-state index contributed by atoms with van der Waals surface area (Å²) in [6.07, 6.45) is 2.22. The van der Waals surface area contributed by atoms with Gasteiger partial charge in [0.2, 0.25) is 0 Å². The average Bonchev–Trinajstić information content (AvgIpc) is 2.35. The van der Waals surface area contributed by atoms with Crippen LogP contribution in [0.3, 0.4) is 0 Å². The Morgan fingerprint density at radius 1 is 1.22 bits per heavy atom. The van der Waals surface area contributed by atoms with Gasteiger partial charge < -0.3 is 10.6 Å². The largest absolute Gasteiger partial charge is 0.330 e. The van der Waals surface area contributed by atoms with Crippen molar-refractivity contribution in [1.82, 2.24) is 4.90 Å². The fraction of sp³-hybridized carbons (Fsp3) is 0.625. The van der Waals surface area contributed by atoms with E-state index in [-0.39, 0.29) is 0 Å². The summed E-state index contributed by atoms with van der Waals surface area (Å²) in [6, 6.07) is 6.88. The zero-order chi connectivity index (χ0) is 13.5. The van der Waals surface area contributed by atoms with E-state index in [9.17, 15) is 0 Å². The summed E-state index contributed by atoms with van der Waals surface area (Å²) >= 11 is 0. The first-order valence-electron chi connectivity index (χ1n) is 7.02. The van der Waals surface area contributed by atoms with Crippen LogP contribution >= 0.6 is 0 Å². The first-order valence-corrected chi connectivity index (χ1v) is 7.02. The maximum absolute atomic E-state index is 5.53. The highest BCUT2D eigenvalue weighted by Crippen LogP contribution is 2.19. The maximum atomic E-state index is 5.53. The van der Waals surface area contributed by atoms with Gasteiger partial charge in [-0.05, 0) is 62.5 Å². The maximum Gasteiger partial charge on any atom is 0.00189 e. The van der Waals surface area contributed by atoms with Crippen molar-refractivity contribution in [3.8, 4) is 0 Å². The van der Waals surface area contributed by atoms with Gasteiger partial charge in [0.15, 0.2) is 0 Å². The van der Waals surface area contributed by atoms with Gasteiger partial charge in [-0.15, -0.1) is 0 Å². The SMILES string of the molecule is Cc1ccc(C(C)C)cc1CCN(C)CCCN. The molecule has 0 atom stereocenters. The van der Waals surface area contributed by atoms with Crippen LogP contribution in [-0.4, -0.2) is 31.6 Å². The van der Waals surface area contributed by atoms with Crippen molar-refractivity contribution >= 4 is 0 Å². The first kappa shape index (κ1) is 15.2. The summed E-state index contributed by atoms with van der Waals surface area (Å²) in [5.41, 5.74) is 9.88. The van der Waals surface area contributed by atoms with E-state index < -0.39 is 0 Å². The van der Waals surface area contributed by atoms with Crippen molar-refractivity contribution in [3.05, 3.63) is 34.9 Å². The molecule has 0 aromatic heterocycles. The number of hydrogen-bond acceptors (Lipinski definition) is 2. The van der Waals surface area contributed by atoms with E-state index in [0.29, 0.717) is 5.92 Å². The van der Waals surface area contributed by atoms with Gasteiger partial charge in [0.25, 0.3) is 0 Å². The van der Waals surface area contributed by atoms with E-state index in [1.165, 1.54) is 16.7 Å². The van der Waals surface area contributed by atoms with Gasteiger partial charge in [-0.2, -0.15) is 0 Å². The molecule has 2 heteroatoms. The Balaban J connectivity index is 2.58. The Hall–Kier alpha value is -0.860. The fourth-order valence-corrected chi connectivity index (χ4v) is 2.10. The lowest BCUT2D eigenvalue weighted by Crippen LogP contribution is -2.24. The van der Waals surface area contributed by atoms with Crippen molar-refractivity contribution < 1.29 is 0 Å². The van der Waals surface area contributed by atoms with Gasteiger partial charge in [0.1, 0.15) is 0 Å². The van der Waals surface area contributed by atoms with Crippen LogP contribution in [0.1, 0.15) is 42.9 Å². The van der Waals surface area contributed by atoms with E-state index in [0.717, 1.165) is 32.5 Å². The minimum Gasteiger partial charge on any atom is -0.330 e. The monoisotopic (exact) mass is 248 g/mol. The molecule has 0 fully saturated rings. The van der Waals surface area contributed by atoms with Crippen LogP contribution in [0.2, 0.25) is 0 Å². The molecule has 0 saturated carbocycles. The average molecular weight is 248 g/mol. The Morgan fingerprint density at radius 3 is 2.56 bits per heavy atom. The van der Waals surface area contributed by atoms with Crippen LogP contribution in [0.4, 0.5) is 0 Å². The second kappa shape index (κ2) is 7.55. The van der Waals surface area contributed by atoms with Crippen molar-refractivity contribution in [3.63, 3.8) is 0 Å². The molecular formula is C16H28N2. The minimum absolute atomic E-state index is 0.610. The highest BCUT2D eigenvalue weighted by Gasteiger charge is 2.05. The molecule has 0 unspecified atom stereocenters. The van der Waals surface area contributed by atoms with E-state index in [1.54, 1.807) is 0 Å². The predicted octanol–water partition coefficient (Wildman–Crippen LogP) is 2.94. The number of likely N-dealkylation sites (N-methyl/N-ethyl adjacent to an activating group) is 1. The molecule has 2 N–H and O–H groups in total. The van der Waals surface area contributed by atoms with Crippen molar-refractivity contribution in [2.24, 2.45) is 5.73 Å². The molecule has 0 radical (unpaired) electrons. The highest BCUT2D eigenvalue weighted by atomic mass is 15.1. The van der Waals surface area contributed by atoms with Gasteiger partial charge in [-0.1, -0.05) is 32.0 Å². The molecule has 2 nitrogen and oxygen atoms in total. The lowest BCUT2D eigenvalue weighted by molar-refractivity contribution is 0.335. The van der Waals surface area contributed by atoms with Crippen molar-refractivity contribution in [1.29, 1.82) is 0 Å². The molecule has 0 saturated heterocycles. The van der Waals surface area contributed by atoms with Gasteiger partial charge in [-0.25, -0.2) is 0 Å². The zero-order valence-electron chi connectivity index (χ0n) is 12.4. The Labute approximate surface area is 112 Å². The Bertz CT molecular complexity index is 358. The number of benzene rings is 1. The van der Waals surface area contributed by atoms with Gasteiger partial charge in [0.05, 0.1) is 0 Å². The number of nitrogens with zero attached hydrogens (tertiary/aromatic N) is 1. The summed E-state index contributed by atoms with van der Waals surface area (Å²) < 4.78 is 0. The fourth-order valence-electron chi connectivity index (χ4n) is 2.10. The molecule has 0 aliphatic carbocycles. The zero-order valence-corrected chi connectivity index (χ0v) is 12.4. The predicted molar refractivity (Wildman–Crippen MR) is 80.1 cm³/mol. The van der Waals surface area contributed by atoms with Gasteiger partial charge in [-0.3, -0.25) is 0 Å². The van der Waals surface area contributed by atoms with Gasteiger partial charge in [0, 0.05) is 6.54 Å². The smallest absolute Gasteiger partial charge is 0.00189 e. The van der Waals surface area contributed by atoms with Crippen LogP contribution in [0.5, 0.6) is 0 Å². The molecule has 0 aliphatic heterocycles. The van der Waals surface area contributed by atoms with E-state index >= 15 is 0 Å². The Kier molecular flexibility index (Phi) is 6.37. The molecule has 0 spiro atoms. The normalized spacial score (nSPS) is 11.5. The first-order chi connectivity index (χ1) is 8.54. The summed E-state index contributed by atoms with van der Waals surface area (Å²) in [4.78, 5) is 2.37. The standard InChI is InChI=1S/C16H28N2/c1-13(2)15-7-6-14(3)16(12-15)8-11-18(4)10-5-9-17/h6-7,12-13H,5,8-11,17H2,1-4H3. The van der Waals surface area contributed by atoms with Crippen LogP contribution in [-0.2, 0) is 6.42 Å². The topological polar surface area (TPSA) is 29.3 Å². The number of aryl methyl sites for hydroxylation is 1. The molecule has 0 bridgehead atoms. The van der Waals surface area contributed by atoms with Crippen LogP contribution in [0.25, 0.3) is 0 Å². The third-order valence-electron chi connectivity index (χ3n) is 3.55. The molecule has 0 aliphatic rings. The third kappa shape index (κ3) is 4.79. The summed E-state index contributed by atoms with van der Waals surface area (Å²) in [6.45, 7) is 9.71. The molecule has 0 heterocycles. The molecule has 18 heavy (non-hydrogen) atoms. The number of hydrogen-bond donors (Lipinski definition) is 1. The van der Waals surface area contributed by atoms with E-state index in [2.05, 4.69) is 50.9 Å². The quantitative estimate of drug-likeness (QED) is 0.804.